The van der Waals surface area contributed by atoms with Crippen molar-refractivity contribution < 1.29 is 22.8 Å². The van der Waals surface area contributed by atoms with Crippen LogP contribution in [0.4, 0.5) is 13.2 Å². The Bertz CT molecular complexity index is 1280. The molecule has 0 spiro atoms. The maximum atomic E-state index is 13.3. The van der Waals surface area contributed by atoms with Gasteiger partial charge in [0.25, 0.3) is 5.91 Å². The normalized spacial score (nSPS) is 11.5. The first-order valence-electron chi connectivity index (χ1n) is 9.89. The SMILES string of the molecule is CCONC(=O)c1csc(CSc2nnc(-c3ccncc3)n2-c2cccc(C(F)(F)F)c2)n1. The highest BCUT2D eigenvalue weighted by Gasteiger charge is 2.31. The minimum atomic E-state index is -4.49. The predicted molar refractivity (Wildman–Crippen MR) is 120 cm³/mol. The first-order valence-corrected chi connectivity index (χ1v) is 11.8. The Hall–Kier alpha value is -3.29. The lowest BCUT2D eigenvalue weighted by Gasteiger charge is -2.13. The molecule has 0 aliphatic rings. The Kier molecular flexibility index (Phi) is 7.24. The van der Waals surface area contributed by atoms with Crippen LogP contribution in [0.5, 0.6) is 0 Å². The monoisotopic (exact) mass is 506 g/mol. The van der Waals surface area contributed by atoms with Crippen molar-refractivity contribution >= 4 is 29.0 Å². The number of carbonyl (C=O) groups excluding carboxylic acids is 1. The number of hydrogen-bond acceptors (Lipinski definition) is 8. The highest BCUT2D eigenvalue weighted by Crippen LogP contribution is 2.34. The van der Waals surface area contributed by atoms with Crippen LogP contribution in [-0.4, -0.2) is 37.2 Å². The van der Waals surface area contributed by atoms with Gasteiger partial charge in [0.1, 0.15) is 10.7 Å². The van der Waals surface area contributed by atoms with E-state index in [2.05, 4.69) is 25.6 Å². The fourth-order valence-corrected chi connectivity index (χ4v) is 4.65. The minimum absolute atomic E-state index is 0.214. The lowest BCUT2D eigenvalue weighted by atomic mass is 10.2. The third-order valence-electron chi connectivity index (χ3n) is 4.42. The molecular formula is C21H17F3N6O2S2. The number of alkyl halides is 3. The molecule has 0 radical (unpaired) electrons. The van der Waals surface area contributed by atoms with Crippen molar-refractivity contribution in [3.05, 3.63) is 70.4 Å². The van der Waals surface area contributed by atoms with E-state index in [0.717, 1.165) is 12.1 Å². The lowest BCUT2D eigenvalue weighted by molar-refractivity contribution is -0.137. The molecule has 8 nitrogen and oxygen atoms in total. The topological polar surface area (TPSA) is 94.8 Å². The molecule has 176 valence electrons. The highest BCUT2D eigenvalue weighted by atomic mass is 32.2. The van der Waals surface area contributed by atoms with Crippen molar-refractivity contribution in [2.45, 2.75) is 24.0 Å². The Morgan fingerprint density at radius 3 is 2.74 bits per heavy atom. The molecule has 0 fully saturated rings. The number of thiazole rings is 1. The maximum absolute atomic E-state index is 13.3. The molecule has 1 amide bonds. The molecule has 3 heterocycles. The molecule has 0 saturated heterocycles. The summed E-state index contributed by atoms with van der Waals surface area (Å²) in [4.78, 5) is 25.1. The van der Waals surface area contributed by atoms with Crippen LogP contribution in [0.1, 0.15) is 28.0 Å². The van der Waals surface area contributed by atoms with Crippen molar-refractivity contribution in [2.75, 3.05) is 6.61 Å². The predicted octanol–water partition coefficient (Wildman–Crippen LogP) is 4.78. The molecule has 0 atom stereocenters. The van der Waals surface area contributed by atoms with E-state index in [1.807, 2.05) is 0 Å². The minimum Gasteiger partial charge on any atom is -0.274 e. The van der Waals surface area contributed by atoms with E-state index in [-0.39, 0.29) is 11.4 Å². The second-order valence-corrected chi connectivity index (χ2v) is 8.59. The summed E-state index contributed by atoms with van der Waals surface area (Å²) in [6.07, 6.45) is -1.36. The molecular weight excluding hydrogens is 489 g/mol. The summed E-state index contributed by atoms with van der Waals surface area (Å²) >= 11 is 2.52. The number of benzene rings is 1. The van der Waals surface area contributed by atoms with E-state index in [1.165, 1.54) is 29.2 Å². The fourth-order valence-electron chi connectivity index (χ4n) is 2.90. The van der Waals surface area contributed by atoms with Crippen LogP contribution in [0.15, 0.2) is 59.3 Å². The van der Waals surface area contributed by atoms with Crippen molar-refractivity contribution in [2.24, 2.45) is 0 Å². The number of carbonyl (C=O) groups is 1. The van der Waals surface area contributed by atoms with Crippen LogP contribution in [0, 0.1) is 0 Å². The molecule has 4 aromatic rings. The third kappa shape index (κ3) is 5.43. The fraction of sp³-hybridized carbons (Fsp3) is 0.190. The number of pyridine rings is 1. The molecule has 0 saturated carbocycles. The molecule has 0 unspecified atom stereocenters. The molecule has 4 rings (SSSR count). The van der Waals surface area contributed by atoms with Gasteiger partial charge in [-0.15, -0.1) is 21.5 Å². The average Bonchev–Trinajstić information content (AvgIpc) is 3.48. The van der Waals surface area contributed by atoms with Crippen LogP contribution in [0.2, 0.25) is 0 Å². The van der Waals surface area contributed by atoms with Gasteiger partial charge in [-0.1, -0.05) is 17.8 Å². The number of hydrogen-bond donors (Lipinski definition) is 1. The van der Waals surface area contributed by atoms with Gasteiger partial charge in [0.15, 0.2) is 11.0 Å². The number of halogens is 3. The van der Waals surface area contributed by atoms with Crippen LogP contribution in [0.3, 0.4) is 0 Å². The summed E-state index contributed by atoms with van der Waals surface area (Å²) in [7, 11) is 0. The van der Waals surface area contributed by atoms with E-state index >= 15 is 0 Å². The van der Waals surface area contributed by atoms with Gasteiger partial charge in [-0.05, 0) is 37.3 Å². The number of rotatable bonds is 8. The summed E-state index contributed by atoms with van der Waals surface area (Å²) in [6.45, 7) is 2.06. The summed E-state index contributed by atoms with van der Waals surface area (Å²) in [5.41, 5.74) is 2.63. The molecule has 0 aliphatic carbocycles. The standard InChI is InChI=1S/C21H17F3N6O2S2/c1-2-32-29-19(31)16-11-33-17(26-16)12-34-20-28-27-18(13-6-8-25-9-7-13)30(20)15-5-3-4-14(10-15)21(22,23)24/h3-11H,2,12H2,1H3,(H,29,31). The highest BCUT2D eigenvalue weighted by molar-refractivity contribution is 7.98. The van der Waals surface area contributed by atoms with Crippen LogP contribution in [-0.2, 0) is 16.8 Å². The van der Waals surface area contributed by atoms with Gasteiger partial charge < -0.3 is 0 Å². The van der Waals surface area contributed by atoms with E-state index in [9.17, 15) is 18.0 Å². The molecule has 13 heteroatoms. The molecule has 34 heavy (non-hydrogen) atoms. The third-order valence-corrected chi connectivity index (χ3v) is 6.39. The van der Waals surface area contributed by atoms with Gasteiger partial charge in [0.2, 0.25) is 0 Å². The number of aromatic nitrogens is 5. The van der Waals surface area contributed by atoms with Crippen LogP contribution in [0.25, 0.3) is 17.1 Å². The number of thioether (sulfide) groups is 1. The summed E-state index contributed by atoms with van der Waals surface area (Å²) < 4.78 is 41.6. The quantitative estimate of drug-likeness (QED) is 0.272. The Morgan fingerprint density at radius 2 is 2.00 bits per heavy atom. The maximum Gasteiger partial charge on any atom is 0.416 e. The van der Waals surface area contributed by atoms with Crippen LogP contribution >= 0.6 is 23.1 Å². The second-order valence-electron chi connectivity index (χ2n) is 6.70. The number of nitrogens with zero attached hydrogens (tertiary/aromatic N) is 5. The van der Waals surface area contributed by atoms with Gasteiger partial charge in [0.05, 0.1) is 23.6 Å². The summed E-state index contributed by atoms with van der Waals surface area (Å²) in [5.74, 6) is 0.252. The van der Waals surface area contributed by atoms with E-state index in [0.29, 0.717) is 33.9 Å². The zero-order chi connectivity index (χ0) is 24.1. The van der Waals surface area contributed by atoms with E-state index in [4.69, 9.17) is 4.84 Å². The lowest BCUT2D eigenvalue weighted by Crippen LogP contribution is -2.23. The van der Waals surface area contributed by atoms with Crippen molar-refractivity contribution in [1.29, 1.82) is 0 Å². The van der Waals surface area contributed by atoms with Crippen molar-refractivity contribution in [3.63, 3.8) is 0 Å². The second kappa shape index (κ2) is 10.3. The van der Waals surface area contributed by atoms with Crippen molar-refractivity contribution in [1.82, 2.24) is 30.2 Å². The zero-order valence-corrected chi connectivity index (χ0v) is 19.2. The molecule has 0 aliphatic heterocycles. The zero-order valence-electron chi connectivity index (χ0n) is 17.6. The number of hydroxylamine groups is 1. The van der Waals surface area contributed by atoms with Crippen molar-refractivity contribution in [3.8, 4) is 17.1 Å². The number of amides is 1. The van der Waals surface area contributed by atoms with Gasteiger partial charge in [0, 0.05) is 23.3 Å². The molecule has 1 N–H and O–H groups in total. The first kappa shape index (κ1) is 23.9. The van der Waals surface area contributed by atoms with Gasteiger partial charge in [-0.3, -0.25) is 19.2 Å². The molecule has 3 aromatic heterocycles. The Morgan fingerprint density at radius 1 is 1.21 bits per heavy atom. The van der Waals surface area contributed by atoms with Crippen LogP contribution < -0.4 is 5.48 Å². The molecule has 0 bridgehead atoms. The largest absolute Gasteiger partial charge is 0.416 e. The van der Waals surface area contributed by atoms with Gasteiger partial charge in [-0.25, -0.2) is 10.5 Å². The molecule has 1 aromatic carbocycles. The number of nitrogens with one attached hydrogen (secondary N) is 1. The van der Waals surface area contributed by atoms with E-state index in [1.54, 1.807) is 47.5 Å². The summed E-state index contributed by atoms with van der Waals surface area (Å²) in [6, 6.07) is 8.37. The van der Waals surface area contributed by atoms with Gasteiger partial charge >= 0.3 is 6.18 Å². The summed E-state index contributed by atoms with van der Waals surface area (Å²) in [5, 5.41) is 11.0. The Balaban J connectivity index is 1.65. The Labute approximate surface area is 200 Å². The van der Waals surface area contributed by atoms with E-state index < -0.39 is 17.6 Å². The van der Waals surface area contributed by atoms with Gasteiger partial charge in [-0.2, -0.15) is 13.2 Å². The average molecular weight is 507 g/mol. The smallest absolute Gasteiger partial charge is 0.274 e. The first-order chi connectivity index (χ1) is 16.4.